The Morgan fingerprint density at radius 3 is 2.52 bits per heavy atom. The number of carbonyl (C=O) groups is 1. The number of ether oxygens (including phenoxy) is 3. The topological polar surface area (TPSA) is 117 Å². The van der Waals surface area contributed by atoms with E-state index in [2.05, 4.69) is 4.84 Å². The first-order valence-corrected chi connectivity index (χ1v) is 9.03. The molecule has 0 aromatic heterocycles. The van der Waals surface area contributed by atoms with E-state index in [4.69, 9.17) is 14.2 Å². The molecule has 9 heteroatoms. The van der Waals surface area contributed by atoms with Gasteiger partial charge in [-0.1, -0.05) is 24.3 Å². The molecule has 0 amide bonds. The van der Waals surface area contributed by atoms with E-state index in [-0.39, 0.29) is 33.0 Å². The van der Waals surface area contributed by atoms with Gasteiger partial charge in [-0.2, -0.15) is 0 Å². The SMILES string of the molecule is COc1ccc2cc([C@](C)(CC3(CO[N+](=O)[O-])COCOC3)C(=O)O)ccc2c1. The number of aliphatic carboxylic acids is 1. The van der Waals surface area contributed by atoms with Crippen molar-refractivity contribution in [1.29, 1.82) is 0 Å². The van der Waals surface area contributed by atoms with Gasteiger partial charge in [0.25, 0.3) is 5.09 Å². The highest BCUT2D eigenvalue weighted by molar-refractivity contribution is 5.88. The average molecular weight is 405 g/mol. The van der Waals surface area contributed by atoms with Gasteiger partial charge in [-0.05, 0) is 41.8 Å². The van der Waals surface area contributed by atoms with E-state index < -0.39 is 21.9 Å². The third-order valence-corrected chi connectivity index (χ3v) is 5.34. The molecular weight excluding hydrogens is 382 g/mol. The van der Waals surface area contributed by atoms with E-state index in [1.54, 1.807) is 26.2 Å². The molecule has 0 spiro atoms. The molecule has 1 atom stereocenters. The summed E-state index contributed by atoms with van der Waals surface area (Å²) in [6.07, 6.45) is 0.0465. The van der Waals surface area contributed by atoms with Gasteiger partial charge in [0.1, 0.15) is 19.1 Å². The number of carboxylic acids is 1. The first-order valence-electron chi connectivity index (χ1n) is 9.03. The van der Waals surface area contributed by atoms with Crippen molar-refractivity contribution in [1.82, 2.24) is 0 Å². The molecule has 1 saturated heterocycles. The van der Waals surface area contributed by atoms with Crippen LogP contribution in [0, 0.1) is 15.5 Å². The van der Waals surface area contributed by atoms with Crippen LogP contribution in [0.3, 0.4) is 0 Å². The van der Waals surface area contributed by atoms with E-state index in [0.29, 0.717) is 11.3 Å². The average Bonchev–Trinajstić information content (AvgIpc) is 2.72. The van der Waals surface area contributed by atoms with Crippen LogP contribution in [-0.2, 0) is 24.5 Å². The number of fused-ring (bicyclic) bond motifs is 1. The smallest absolute Gasteiger partial charge is 0.313 e. The van der Waals surface area contributed by atoms with Crippen molar-refractivity contribution < 1.29 is 34.0 Å². The van der Waals surface area contributed by atoms with Crippen LogP contribution in [-0.4, -0.2) is 49.9 Å². The highest BCUT2D eigenvalue weighted by Gasteiger charge is 2.46. The second kappa shape index (κ2) is 8.22. The van der Waals surface area contributed by atoms with Gasteiger partial charge >= 0.3 is 5.97 Å². The summed E-state index contributed by atoms with van der Waals surface area (Å²) in [5.74, 6) is -0.338. The molecule has 0 radical (unpaired) electrons. The number of hydrogen-bond acceptors (Lipinski definition) is 7. The first kappa shape index (κ1) is 20.8. The van der Waals surface area contributed by atoms with Gasteiger partial charge in [0.15, 0.2) is 0 Å². The van der Waals surface area contributed by atoms with E-state index in [0.717, 1.165) is 10.8 Å². The maximum Gasteiger partial charge on any atom is 0.313 e. The molecule has 1 aliphatic rings. The number of carboxylic acid groups (broad SMARTS) is 1. The minimum absolute atomic E-state index is 0.0465. The van der Waals surface area contributed by atoms with Crippen molar-refractivity contribution in [3.8, 4) is 5.75 Å². The van der Waals surface area contributed by atoms with Gasteiger partial charge in [0, 0.05) is 5.41 Å². The zero-order chi connectivity index (χ0) is 21.1. The van der Waals surface area contributed by atoms with E-state index >= 15 is 0 Å². The number of nitrogens with zero attached hydrogens (tertiary/aromatic N) is 1. The van der Waals surface area contributed by atoms with E-state index in [1.807, 2.05) is 24.3 Å². The third-order valence-electron chi connectivity index (χ3n) is 5.34. The largest absolute Gasteiger partial charge is 0.497 e. The van der Waals surface area contributed by atoms with E-state index in [9.17, 15) is 20.0 Å². The minimum atomic E-state index is -1.34. The third kappa shape index (κ3) is 4.41. The number of benzene rings is 2. The summed E-state index contributed by atoms with van der Waals surface area (Å²) in [5.41, 5.74) is -1.72. The van der Waals surface area contributed by atoms with Crippen molar-refractivity contribution in [3.63, 3.8) is 0 Å². The Morgan fingerprint density at radius 2 is 1.90 bits per heavy atom. The molecule has 1 heterocycles. The fraction of sp³-hybridized carbons (Fsp3) is 0.450. The van der Waals surface area contributed by atoms with Crippen molar-refractivity contribution in [2.75, 3.05) is 33.7 Å². The van der Waals surface area contributed by atoms with Crippen molar-refractivity contribution >= 4 is 16.7 Å². The molecule has 2 aromatic rings. The lowest BCUT2D eigenvalue weighted by atomic mass is 9.69. The summed E-state index contributed by atoms with van der Waals surface area (Å²) in [6.45, 7) is 1.56. The standard InChI is InChI=1S/C20H23NO8/c1-19(18(22)23,9-20(12-29-21(24)25)10-27-13-28-11-20)16-5-3-15-8-17(26-2)6-4-14(15)7-16/h3-8H,9-13H2,1-2H3,(H,22,23)/t19-/m0/s1. The van der Waals surface area contributed by atoms with Crippen LogP contribution in [0.2, 0.25) is 0 Å². The van der Waals surface area contributed by atoms with Gasteiger partial charge < -0.3 is 24.2 Å². The monoisotopic (exact) mass is 405 g/mol. The lowest BCUT2D eigenvalue weighted by Gasteiger charge is -2.41. The molecule has 3 rings (SSSR count). The van der Waals surface area contributed by atoms with Gasteiger partial charge in [0.05, 0.1) is 25.7 Å². The van der Waals surface area contributed by atoms with Gasteiger partial charge in [-0.25, -0.2) is 0 Å². The van der Waals surface area contributed by atoms with Crippen LogP contribution in [0.5, 0.6) is 5.75 Å². The Balaban J connectivity index is 1.98. The molecule has 0 bridgehead atoms. The zero-order valence-electron chi connectivity index (χ0n) is 16.3. The number of hydrogen-bond donors (Lipinski definition) is 1. The van der Waals surface area contributed by atoms with Crippen LogP contribution >= 0.6 is 0 Å². The molecule has 0 aliphatic carbocycles. The summed E-state index contributed by atoms with van der Waals surface area (Å²) in [6, 6.07) is 10.9. The highest BCUT2D eigenvalue weighted by atomic mass is 17.0. The normalized spacial score (nSPS) is 18.0. The molecule has 156 valence electrons. The molecule has 1 aliphatic heterocycles. The molecule has 0 unspecified atom stereocenters. The molecule has 9 nitrogen and oxygen atoms in total. The Hall–Kier alpha value is -2.91. The number of rotatable bonds is 8. The van der Waals surface area contributed by atoms with E-state index in [1.165, 1.54) is 0 Å². The predicted octanol–water partition coefficient (Wildman–Crippen LogP) is 2.78. The second-order valence-corrected chi connectivity index (χ2v) is 7.55. The molecule has 1 N–H and O–H groups in total. The second-order valence-electron chi connectivity index (χ2n) is 7.55. The van der Waals surface area contributed by atoms with Gasteiger partial charge in [-0.15, -0.1) is 10.1 Å². The van der Waals surface area contributed by atoms with Gasteiger partial charge in [-0.3, -0.25) is 4.79 Å². The molecule has 2 aromatic carbocycles. The fourth-order valence-corrected chi connectivity index (χ4v) is 3.79. The van der Waals surface area contributed by atoms with Crippen LogP contribution in [0.1, 0.15) is 18.9 Å². The lowest BCUT2D eigenvalue weighted by Crippen LogP contribution is -2.48. The summed E-state index contributed by atoms with van der Waals surface area (Å²) in [4.78, 5) is 27.7. The molecule has 1 fully saturated rings. The maximum atomic E-state index is 12.3. The number of methoxy groups -OCH3 is 1. The minimum Gasteiger partial charge on any atom is -0.497 e. The van der Waals surface area contributed by atoms with Crippen molar-refractivity contribution in [2.45, 2.75) is 18.8 Å². The quantitative estimate of drug-likeness (QED) is 0.526. The molecular formula is C20H23NO8. The maximum absolute atomic E-state index is 12.3. The Kier molecular flexibility index (Phi) is 5.90. The lowest BCUT2D eigenvalue weighted by molar-refractivity contribution is -0.761. The highest BCUT2D eigenvalue weighted by Crippen LogP contribution is 2.41. The molecule has 0 saturated carbocycles. The zero-order valence-corrected chi connectivity index (χ0v) is 16.3. The van der Waals surface area contributed by atoms with Crippen molar-refractivity contribution in [2.24, 2.45) is 5.41 Å². The van der Waals surface area contributed by atoms with Crippen LogP contribution in [0.25, 0.3) is 10.8 Å². The Bertz CT molecular complexity index is 908. The summed E-state index contributed by atoms with van der Waals surface area (Å²) >= 11 is 0. The summed E-state index contributed by atoms with van der Waals surface area (Å²) < 4.78 is 15.9. The fourth-order valence-electron chi connectivity index (χ4n) is 3.79. The Labute approximate surface area is 167 Å². The Morgan fingerprint density at radius 1 is 1.24 bits per heavy atom. The van der Waals surface area contributed by atoms with Crippen LogP contribution in [0.15, 0.2) is 36.4 Å². The summed E-state index contributed by atoms with van der Waals surface area (Å²) in [5, 5.41) is 21.7. The van der Waals surface area contributed by atoms with Crippen LogP contribution < -0.4 is 4.74 Å². The van der Waals surface area contributed by atoms with Gasteiger partial charge in [0.2, 0.25) is 0 Å². The first-order chi connectivity index (χ1) is 13.8. The van der Waals surface area contributed by atoms with Crippen molar-refractivity contribution in [3.05, 3.63) is 52.1 Å². The molecule has 29 heavy (non-hydrogen) atoms. The van der Waals surface area contributed by atoms with Crippen LogP contribution in [0.4, 0.5) is 0 Å². The summed E-state index contributed by atoms with van der Waals surface area (Å²) in [7, 11) is 1.58. The predicted molar refractivity (Wildman–Crippen MR) is 102 cm³/mol.